The molecule has 0 atom stereocenters. The number of aryl methyl sites for hydroxylation is 1. The van der Waals surface area contributed by atoms with Gasteiger partial charge in [-0.2, -0.15) is 0 Å². The van der Waals surface area contributed by atoms with Crippen molar-refractivity contribution in [2.75, 3.05) is 0 Å². The van der Waals surface area contributed by atoms with E-state index in [1.54, 1.807) is 13.0 Å². The quantitative estimate of drug-likeness (QED) is 0.690. The summed E-state index contributed by atoms with van der Waals surface area (Å²) in [5.74, 6) is -0.854. The summed E-state index contributed by atoms with van der Waals surface area (Å²) in [6.07, 6.45) is 0. The van der Waals surface area contributed by atoms with Crippen LogP contribution in [0.2, 0.25) is 5.02 Å². The van der Waals surface area contributed by atoms with Crippen LogP contribution in [0.15, 0.2) is 30.3 Å². The van der Waals surface area contributed by atoms with E-state index in [0.29, 0.717) is 11.1 Å². The van der Waals surface area contributed by atoms with Crippen molar-refractivity contribution in [1.29, 1.82) is 0 Å². The van der Waals surface area contributed by atoms with Crippen LogP contribution in [-0.4, -0.2) is 0 Å². The van der Waals surface area contributed by atoms with Crippen molar-refractivity contribution in [2.45, 2.75) is 6.92 Å². The molecule has 0 saturated heterocycles. The minimum Gasteiger partial charge on any atom is -0.207 e. The average molecular weight is 238 g/mol. The van der Waals surface area contributed by atoms with Crippen molar-refractivity contribution < 1.29 is 8.78 Å². The standard InChI is InChI=1S/C13H8ClF2/c1-8-2-5-13(16)11(6-8)10-4-3-9(15)7-12(10)14/h3-7H,1H3. The maximum Gasteiger partial charge on any atom is 0.131 e. The van der Waals surface area contributed by atoms with Crippen molar-refractivity contribution in [2.24, 2.45) is 0 Å². The maximum atomic E-state index is 13.6. The molecule has 0 fully saturated rings. The third kappa shape index (κ3) is 2.07. The van der Waals surface area contributed by atoms with E-state index in [1.807, 2.05) is 0 Å². The second-order valence-corrected chi connectivity index (χ2v) is 3.91. The third-order valence-corrected chi connectivity index (χ3v) is 2.58. The van der Waals surface area contributed by atoms with Gasteiger partial charge < -0.3 is 0 Å². The smallest absolute Gasteiger partial charge is 0.131 e. The zero-order valence-electron chi connectivity index (χ0n) is 8.52. The van der Waals surface area contributed by atoms with E-state index in [2.05, 4.69) is 6.07 Å². The van der Waals surface area contributed by atoms with Gasteiger partial charge in [0.1, 0.15) is 11.6 Å². The first kappa shape index (κ1) is 11.1. The summed E-state index contributed by atoms with van der Waals surface area (Å²) >= 11 is 5.87. The molecule has 0 amide bonds. The molecule has 0 unspecified atom stereocenters. The lowest BCUT2D eigenvalue weighted by Crippen LogP contribution is -1.88. The number of hydrogen-bond acceptors (Lipinski definition) is 0. The fourth-order valence-corrected chi connectivity index (χ4v) is 1.77. The molecule has 0 spiro atoms. The lowest BCUT2D eigenvalue weighted by atomic mass is 10.0. The van der Waals surface area contributed by atoms with Crippen LogP contribution in [0.1, 0.15) is 5.56 Å². The first-order chi connectivity index (χ1) is 7.58. The molecule has 0 aliphatic carbocycles. The van der Waals surface area contributed by atoms with E-state index in [-0.39, 0.29) is 5.02 Å². The van der Waals surface area contributed by atoms with Crippen LogP contribution in [0.25, 0.3) is 11.1 Å². The Morgan fingerprint density at radius 1 is 1.12 bits per heavy atom. The van der Waals surface area contributed by atoms with Crippen LogP contribution >= 0.6 is 11.6 Å². The van der Waals surface area contributed by atoms with Crippen LogP contribution in [-0.2, 0) is 0 Å². The van der Waals surface area contributed by atoms with Gasteiger partial charge in [-0.25, -0.2) is 8.78 Å². The molecule has 0 saturated carbocycles. The highest BCUT2D eigenvalue weighted by Gasteiger charge is 2.09. The summed E-state index contributed by atoms with van der Waals surface area (Å²) in [4.78, 5) is 0. The Bertz CT molecular complexity index is 535. The Morgan fingerprint density at radius 3 is 2.56 bits per heavy atom. The molecule has 81 valence electrons. The second-order valence-electron chi connectivity index (χ2n) is 3.50. The van der Waals surface area contributed by atoms with Gasteiger partial charge in [0, 0.05) is 11.1 Å². The number of rotatable bonds is 1. The molecule has 0 aromatic heterocycles. The van der Waals surface area contributed by atoms with Gasteiger partial charge >= 0.3 is 0 Å². The van der Waals surface area contributed by atoms with E-state index in [1.165, 1.54) is 24.3 Å². The molecule has 0 heterocycles. The predicted octanol–water partition coefficient (Wildman–Crippen LogP) is 4.39. The van der Waals surface area contributed by atoms with Crippen molar-refractivity contribution in [3.63, 3.8) is 0 Å². The number of halogens is 3. The minimum absolute atomic E-state index is 0.199. The molecule has 2 aromatic rings. The molecular weight excluding hydrogens is 230 g/mol. The maximum absolute atomic E-state index is 13.6. The Hall–Kier alpha value is -1.41. The Balaban J connectivity index is 2.62. The molecule has 0 bridgehead atoms. The Labute approximate surface area is 97.5 Å². The van der Waals surface area contributed by atoms with Gasteiger partial charge in [0.15, 0.2) is 0 Å². The van der Waals surface area contributed by atoms with Crippen LogP contribution in [0, 0.1) is 24.6 Å². The average Bonchev–Trinajstić information content (AvgIpc) is 2.22. The fourth-order valence-electron chi connectivity index (χ4n) is 1.50. The van der Waals surface area contributed by atoms with Crippen molar-refractivity contribution in [3.05, 3.63) is 58.6 Å². The van der Waals surface area contributed by atoms with E-state index < -0.39 is 11.6 Å². The van der Waals surface area contributed by atoms with Crippen molar-refractivity contribution >= 4 is 11.6 Å². The summed E-state index contributed by atoms with van der Waals surface area (Å²) in [5.41, 5.74) is 1.65. The lowest BCUT2D eigenvalue weighted by molar-refractivity contribution is 0.625. The van der Waals surface area contributed by atoms with Gasteiger partial charge in [-0.3, -0.25) is 0 Å². The summed E-state index contributed by atoms with van der Waals surface area (Å²) in [7, 11) is 0. The zero-order valence-corrected chi connectivity index (χ0v) is 9.28. The van der Waals surface area contributed by atoms with E-state index in [4.69, 9.17) is 11.6 Å². The fraction of sp³-hybridized carbons (Fsp3) is 0.0769. The highest BCUT2D eigenvalue weighted by atomic mass is 35.5. The molecule has 0 nitrogen and oxygen atoms in total. The summed E-state index contributed by atoms with van der Waals surface area (Å²) in [5, 5.41) is 0.199. The van der Waals surface area contributed by atoms with E-state index in [9.17, 15) is 8.78 Å². The highest BCUT2D eigenvalue weighted by Crippen LogP contribution is 2.30. The second kappa shape index (κ2) is 4.22. The van der Waals surface area contributed by atoms with Gasteiger partial charge in [-0.15, -0.1) is 0 Å². The molecule has 1 radical (unpaired) electrons. The molecule has 0 N–H and O–H groups in total. The number of benzene rings is 2. The molecule has 0 aliphatic heterocycles. The van der Waals surface area contributed by atoms with Gasteiger partial charge in [0.05, 0.1) is 5.02 Å². The molecule has 2 aromatic carbocycles. The van der Waals surface area contributed by atoms with Gasteiger partial charge in [0.2, 0.25) is 0 Å². The monoisotopic (exact) mass is 237 g/mol. The van der Waals surface area contributed by atoms with Gasteiger partial charge in [0.25, 0.3) is 0 Å². The van der Waals surface area contributed by atoms with Crippen LogP contribution in [0.3, 0.4) is 0 Å². The van der Waals surface area contributed by atoms with Crippen LogP contribution < -0.4 is 0 Å². The zero-order chi connectivity index (χ0) is 11.7. The van der Waals surface area contributed by atoms with Crippen molar-refractivity contribution in [3.8, 4) is 11.1 Å². The lowest BCUT2D eigenvalue weighted by Gasteiger charge is -2.06. The van der Waals surface area contributed by atoms with Gasteiger partial charge in [-0.1, -0.05) is 11.6 Å². The summed E-state index contributed by atoms with van der Waals surface area (Å²) in [6, 6.07) is 9.53. The Morgan fingerprint density at radius 2 is 1.88 bits per heavy atom. The molecular formula is C13H8ClF2. The summed E-state index contributed by atoms with van der Waals surface area (Å²) in [6.45, 7) is 1.81. The van der Waals surface area contributed by atoms with Crippen LogP contribution in [0.4, 0.5) is 8.78 Å². The van der Waals surface area contributed by atoms with Crippen LogP contribution in [0.5, 0.6) is 0 Å². The minimum atomic E-state index is -0.437. The molecule has 3 heteroatoms. The molecule has 0 aliphatic rings. The predicted molar refractivity (Wildman–Crippen MR) is 60.4 cm³/mol. The Kier molecular flexibility index (Phi) is 2.92. The highest BCUT2D eigenvalue weighted by molar-refractivity contribution is 6.33. The first-order valence-corrected chi connectivity index (χ1v) is 5.09. The topological polar surface area (TPSA) is 0 Å². The normalized spacial score (nSPS) is 10.5. The van der Waals surface area contributed by atoms with Crippen molar-refractivity contribution in [1.82, 2.24) is 0 Å². The summed E-state index contributed by atoms with van der Waals surface area (Å²) < 4.78 is 26.4. The van der Waals surface area contributed by atoms with E-state index in [0.717, 1.165) is 5.56 Å². The third-order valence-electron chi connectivity index (χ3n) is 2.27. The molecule has 2 rings (SSSR count). The van der Waals surface area contributed by atoms with E-state index >= 15 is 0 Å². The van der Waals surface area contributed by atoms with Gasteiger partial charge in [-0.05, 0) is 48.9 Å². The largest absolute Gasteiger partial charge is 0.207 e. The number of hydrogen-bond donors (Lipinski definition) is 0. The molecule has 16 heavy (non-hydrogen) atoms. The SMILES string of the molecule is Cc1[c]cc(F)c(-c2ccc(F)cc2Cl)c1. The first-order valence-electron chi connectivity index (χ1n) is 4.71.